The van der Waals surface area contributed by atoms with E-state index in [1.807, 2.05) is 6.92 Å². The van der Waals surface area contributed by atoms with Gasteiger partial charge in [0.05, 0.1) is 6.10 Å². The second kappa shape index (κ2) is 20.8. The highest BCUT2D eigenvalue weighted by atomic mass is 16.5. The van der Waals surface area contributed by atoms with E-state index < -0.39 is 0 Å². The van der Waals surface area contributed by atoms with Crippen molar-refractivity contribution in [2.24, 2.45) is 0 Å². The van der Waals surface area contributed by atoms with Crippen molar-refractivity contribution in [3.8, 4) is 0 Å². The van der Waals surface area contributed by atoms with Gasteiger partial charge >= 0.3 is 5.97 Å². The topological polar surface area (TPSA) is 26.3 Å². The lowest BCUT2D eigenvalue weighted by Gasteiger charge is -2.13. The zero-order chi connectivity index (χ0) is 19.3. The van der Waals surface area contributed by atoms with Crippen molar-refractivity contribution in [2.75, 3.05) is 0 Å². The molecule has 0 aliphatic rings. The van der Waals surface area contributed by atoms with E-state index in [2.05, 4.69) is 13.8 Å². The Morgan fingerprint density at radius 3 is 1.46 bits per heavy atom. The number of ether oxygens (including phenoxy) is 1. The molecule has 1 unspecified atom stereocenters. The van der Waals surface area contributed by atoms with Crippen LogP contribution in [-0.4, -0.2) is 12.1 Å². The van der Waals surface area contributed by atoms with Crippen LogP contribution in [0.4, 0.5) is 0 Å². The summed E-state index contributed by atoms with van der Waals surface area (Å²) in [5.41, 5.74) is 0. The lowest BCUT2D eigenvalue weighted by Crippen LogP contribution is -2.14. The van der Waals surface area contributed by atoms with Crippen LogP contribution in [0.2, 0.25) is 0 Å². The van der Waals surface area contributed by atoms with E-state index in [0.29, 0.717) is 6.42 Å². The first-order chi connectivity index (χ1) is 12.7. The van der Waals surface area contributed by atoms with Gasteiger partial charge in [0.15, 0.2) is 0 Å². The monoisotopic (exact) mass is 368 g/mol. The summed E-state index contributed by atoms with van der Waals surface area (Å²) in [7, 11) is 0. The maximum Gasteiger partial charge on any atom is 0.306 e. The number of hydrogen-bond donors (Lipinski definition) is 0. The van der Waals surface area contributed by atoms with Crippen LogP contribution in [0.1, 0.15) is 143 Å². The largest absolute Gasteiger partial charge is 0.463 e. The standard InChI is InChI=1S/C24H48O2/c1-4-6-8-10-11-12-13-14-15-16-18-19-21-23(3)26-24(25)22-20-17-9-7-5-2/h23H,4-22H2,1-3H3. The number of carbonyl (C=O) groups excluding carboxylic acids is 1. The Morgan fingerprint density at radius 2 is 1.00 bits per heavy atom. The van der Waals surface area contributed by atoms with Crippen molar-refractivity contribution in [1.82, 2.24) is 0 Å². The van der Waals surface area contributed by atoms with Gasteiger partial charge < -0.3 is 4.74 Å². The van der Waals surface area contributed by atoms with Gasteiger partial charge in [-0.15, -0.1) is 0 Å². The van der Waals surface area contributed by atoms with Gasteiger partial charge in [0, 0.05) is 6.42 Å². The van der Waals surface area contributed by atoms with Gasteiger partial charge in [-0.1, -0.05) is 110 Å². The van der Waals surface area contributed by atoms with Crippen molar-refractivity contribution < 1.29 is 9.53 Å². The van der Waals surface area contributed by atoms with Gasteiger partial charge in [0.25, 0.3) is 0 Å². The molecule has 0 aromatic carbocycles. The fourth-order valence-corrected chi connectivity index (χ4v) is 3.49. The van der Waals surface area contributed by atoms with E-state index in [9.17, 15) is 4.79 Å². The van der Waals surface area contributed by atoms with Gasteiger partial charge in [-0.05, 0) is 26.2 Å². The Hall–Kier alpha value is -0.530. The minimum absolute atomic E-state index is 0.00735. The molecule has 0 aliphatic carbocycles. The summed E-state index contributed by atoms with van der Waals surface area (Å²) in [6, 6.07) is 0. The van der Waals surface area contributed by atoms with E-state index >= 15 is 0 Å². The molecule has 0 aliphatic heterocycles. The average Bonchev–Trinajstić information content (AvgIpc) is 2.62. The van der Waals surface area contributed by atoms with Crippen molar-refractivity contribution in [1.29, 1.82) is 0 Å². The number of hydrogen-bond acceptors (Lipinski definition) is 2. The molecule has 0 saturated heterocycles. The van der Waals surface area contributed by atoms with Crippen molar-refractivity contribution in [3.63, 3.8) is 0 Å². The molecule has 0 saturated carbocycles. The molecule has 0 fully saturated rings. The minimum Gasteiger partial charge on any atom is -0.463 e. The molecule has 0 aromatic heterocycles. The fourth-order valence-electron chi connectivity index (χ4n) is 3.49. The third kappa shape index (κ3) is 19.8. The van der Waals surface area contributed by atoms with Crippen LogP contribution in [0.25, 0.3) is 0 Å². The van der Waals surface area contributed by atoms with Crippen LogP contribution in [-0.2, 0) is 9.53 Å². The first kappa shape index (κ1) is 25.5. The molecule has 0 rings (SSSR count). The van der Waals surface area contributed by atoms with Crippen LogP contribution >= 0.6 is 0 Å². The molecular weight excluding hydrogens is 320 g/mol. The van der Waals surface area contributed by atoms with Crippen molar-refractivity contribution in [2.45, 2.75) is 149 Å². The molecule has 0 bridgehead atoms. The van der Waals surface area contributed by atoms with E-state index in [0.717, 1.165) is 19.3 Å². The quantitative estimate of drug-likeness (QED) is 0.159. The molecule has 0 amide bonds. The number of carbonyl (C=O) groups is 1. The predicted molar refractivity (Wildman–Crippen MR) is 115 cm³/mol. The maximum absolute atomic E-state index is 11.8. The molecule has 156 valence electrons. The van der Waals surface area contributed by atoms with Gasteiger partial charge in [-0.3, -0.25) is 4.79 Å². The molecule has 0 aromatic rings. The van der Waals surface area contributed by atoms with Crippen LogP contribution in [0, 0.1) is 0 Å². The molecule has 0 spiro atoms. The second-order valence-corrected chi connectivity index (χ2v) is 8.14. The van der Waals surface area contributed by atoms with E-state index in [4.69, 9.17) is 4.74 Å². The zero-order valence-corrected chi connectivity index (χ0v) is 18.3. The smallest absolute Gasteiger partial charge is 0.306 e. The molecule has 1 atom stereocenters. The highest BCUT2D eigenvalue weighted by Gasteiger charge is 2.08. The van der Waals surface area contributed by atoms with Gasteiger partial charge in [-0.25, -0.2) is 0 Å². The van der Waals surface area contributed by atoms with Crippen LogP contribution in [0.3, 0.4) is 0 Å². The van der Waals surface area contributed by atoms with Gasteiger partial charge in [0.1, 0.15) is 0 Å². The fraction of sp³-hybridized carbons (Fsp3) is 0.958. The summed E-state index contributed by atoms with van der Waals surface area (Å²) in [5, 5.41) is 0. The molecule has 2 nitrogen and oxygen atoms in total. The van der Waals surface area contributed by atoms with Gasteiger partial charge in [0.2, 0.25) is 0 Å². The molecule has 0 radical (unpaired) electrons. The van der Waals surface area contributed by atoms with Crippen molar-refractivity contribution >= 4 is 5.97 Å². The highest BCUT2D eigenvalue weighted by molar-refractivity contribution is 5.69. The summed E-state index contributed by atoms with van der Waals surface area (Å²) in [4.78, 5) is 11.8. The van der Waals surface area contributed by atoms with Crippen LogP contribution in [0.15, 0.2) is 0 Å². The van der Waals surface area contributed by atoms with E-state index in [1.165, 1.54) is 96.3 Å². The van der Waals surface area contributed by atoms with Crippen molar-refractivity contribution in [3.05, 3.63) is 0 Å². The Labute approximate surface area is 164 Å². The Kier molecular flexibility index (Phi) is 20.4. The third-order valence-electron chi connectivity index (χ3n) is 5.28. The third-order valence-corrected chi connectivity index (χ3v) is 5.28. The molecule has 2 heteroatoms. The summed E-state index contributed by atoms with van der Waals surface area (Å²) >= 11 is 0. The molecule has 0 heterocycles. The minimum atomic E-state index is 0.00735. The van der Waals surface area contributed by atoms with E-state index in [-0.39, 0.29) is 12.1 Å². The summed E-state index contributed by atoms with van der Waals surface area (Å²) < 4.78 is 5.52. The first-order valence-corrected chi connectivity index (χ1v) is 11.9. The number of esters is 1. The molecule has 0 N–H and O–H groups in total. The highest BCUT2D eigenvalue weighted by Crippen LogP contribution is 2.14. The predicted octanol–water partition coefficient (Wildman–Crippen LogP) is 8.37. The maximum atomic E-state index is 11.8. The Bertz CT molecular complexity index is 288. The SMILES string of the molecule is CCCCCCCCCCCCCCC(C)OC(=O)CCCCCCC. The average molecular weight is 369 g/mol. The summed E-state index contributed by atoms with van der Waals surface area (Å²) in [6.45, 7) is 6.54. The Morgan fingerprint density at radius 1 is 0.615 bits per heavy atom. The Balaban J connectivity index is 3.27. The second-order valence-electron chi connectivity index (χ2n) is 8.14. The summed E-state index contributed by atoms with van der Waals surface area (Å²) in [6.07, 6.45) is 24.2. The van der Waals surface area contributed by atoms with E-state index in [1.54, 1.807) is 0 Å². The van der Waals surface area contributed by atoms with Crippen LogP contribution in [0.5, 0.6) is 0 Å². The first-order valence-electron chi connectivity index (χ1n) is 11.9. The number of rotatable bonds is 20. The lowest BCUT2D eigenvalue weighted by molar-refractivity contribution is -0.148. The summed E-state index contributed by atoms with van der Waals surface area (Å²) in [5.74, 6) is 0.00735. The molecular formula is C24H48O2. The zero-order valence-electron chi connectivity index (χ0n) is 18.3. The lowest BCUT2D eigenvalue weighted by atomic mass is 10.0. The molecule has 26 heavy (non-hydrogen) atoms. The van der Waals surface area contributed by atoms with Gasteiger partial charge in [-0.2, -0.15) is 0 Å². The van der Waals surface area contributed by atoms with Crippen LogP contribution < -0.4 is 0 Å². The number of unbranched alkanes of at least 4 members (excludes halogenated alkanes) is 15. The normalized spacial score (nSPS) is 12.3.